The van der Waals surface area contributed by atoms with Crippen LogP contribution in [0.25, 0.3) is 0 Å². The molecule has 8 heteroatoms. The number of halogens is 1. The zero-order chi connectivity index (χ0) is 14.7. The zero-order valence-corrected chi connectivity index (χ0v) is 10.8. The maximum atomic E-state index is 13.7. The lowest BCUT2D eigenvalue weighted by Crippen LogP contribution is -2.15. The number of hydrogen-bond acceptors (Lipinski definition) is 7. The second kappa shape index (κ2) is 5.36. The van der Waals surface area contributed by atoms with E-state index in [0.717, 1.165) is 6.07 Å². The van der Waals surface area contributed by atoms with Gasteiger partial charge in [0.05, 0.1) is 11.6 Å². The topological polar surface area (TPSA) is 101 Å². The van der Waals surface area contributed by atoms with Crippen molar-refractivity contribution in [3.8, 4) is 17.8 Å². The highest BCUT2D eigenvalue weighted by Gasteiger charge is 2.11. The molecule has 0 spiro atoms. The highest BCUT2D eigenvalue weighted by atomic mass is 19.1. The monoisotopic (exact) mass is 274 g/mol. The van der Waals surface area contributed by atoms with Gasteiger partial charge in [-0.1, -0.05) is 0 Å². The second-order valence-corrected chi connectivity index (χ2v) is 4.03. The van der Waals surface area contributed by atoms with Crippen molar-refractivity contribution >= 4 is 11.9 Å². The molecule has 2 rings (SSSR count). The molecule has 1 heterocycles. The molecule has 0 saturated heterocycles. The predicted octanol–water partition coefficient (Wildman–Crippen LogP) is 1.32. The van der Waals surface area contributed by atoms with Gasteiger partial charge in [-0.3, -0.25) is 0 Å². The van der Waals surface area contributed by atoms with Crippen LogP contribution >= 0.6 is 0 Å². The third-order valence-electron chi connectivity index (χ3n) is 2.28. The molecule has 102 valence electrons. The summed E-state index contributed by atoms with van der Waals surface area (Å²) in [7, 11) is 3.45. The molecule has 0 radical (unpaired) electrons. The van der Waals surface area contributed by atoms with E-state index in [1.165, 1.54) is 12.1 Å². The summed E-state index contributed by atoms with van der Waals surface area (Å²) in [4.78, 5) is 13.3. The number of benzene rings is 1. The summed E-state index contributed by atoms with van der Waals surface area (Å²) in [6.45, 7) is 0. The van der Waals surface area contributed by atoms with Gasteiger partial charge in [-0.15, -0.1) is 0 Å². The van der Waals surface area contributed by atoms with Crippen LogP contribution in [0.2, 0.25) is 0 Å². The standard InChI is InChI=1S/C12H11FN6O/c1-19(2)11-16-10(15)17-12(18-11)20-9-4-3-7(6-14)5-8(9)13/h3-5H,1-2H3,(H2,15,16,17,18). The number of nitriles is 1. The molecule has 20 heavy (non-hydrogen) atoms. The van der Waals surface area contributed by atoms with Gasteiger partial charge in [0.2, 0.25) is 11.9 Å². The van der Waals surface area contributed by atoms with Gasteiger partial charge in [0.1, 0.15) is 0 Å². The van der Waals surface area contributed by atoms with E-state index in [4.69, 9.17) is 15.7 Å². The summed E-state index contributed by atoms with van der Waals surface area (Å²) >= 11 is 0. The Bertz CT molecular complexity index is 682. The number of rotatable bonds is 3. The first-order valence-corrected chi connectivity index (χ1v) is 5.56. The Labute approximate surface area is 114 Å². The molecule has 2 N–H and O–H groups in total. The highest BCUT2D eigenvalue weighted by Crippen LogP contribution is 2.23. The average Bonchev–Trinajstić information content (AvgIpc) is 2.40. The van der Waals surface area contributed by atoms with Crippen LogP contribution in [-0.2, 0) is 0 Å². The van der Waals surface area contributed by atoms with Crippen LogP contribution in [0.5, 0.6) is 11.8 Å². The summed E-state index contributed by atoms with van der Waals surface area (Å²) in [5.41, 5.74) is 5.72. The van der Waals surface area contributed by atoms with E-state index in [2.05, 4.69) is 15.0 Å². The van der Waals surface area contributed by atoms with Gasteiger partial charge < -0.3 is 15.4 Å². The number of hydrogen-bond donors (Lipinski definition) is 1. The molecule has 0 aliphatic rings. The molecule has 1 aromatic carbocycles. The van der Waals surface area contributed by atoms with Gasteiger partial charge in [-0.2, -0.15) is 20.2 Å². The van der Waals surface area contributed by atoms with Gasteiger partial charge >= 0.3 is 6.01 Å². The number of nitrogens with two attached hydrogens (primary N) is 1. The van der Waals surface area contributed by atoms with Crippen molar-refractivity contribution in [3.05, 3.63) is 29.6 Å². The molecule has 0 aliphatic heterocycles. The Balaban J connectivity index is 2.33. The van der Waals surface area contributed by atoms with Crippen LogP contribution in [0, 0.1) is 17.1 Å². The summed E-state index contributed by atoms with van der Waals surface area (Å²) in [6.07, 6.45) is 0. The highest BCUT2D eigenvalue weighted by molar-refractivity contribution is 5.39. The van der Waals surface area contributed by atoms with Crippen molar-refractivity contribution in [1.82, 2.24) is 15.0 Å². The first kappa shape index (κ1) is 13.5. The minimum Gasteiger partial charge on any atom is -0.421 e. The van der Waals surface area contributed by atoms with Crippen molar-refractivity contribution in [2.45, 2.75) is 0 Å². The number of aromatic nitrogens is 3. The largest absolute Gasteiger partial charge is 0.421 e. The number of nitrogen functional groups attached to an aromatic ring is 1. The zero-order valence-electron chi connectivity index (χ0n) is 10.8. The van der Waals surface area contributed by atoms with E-state index >= 15 is 0 Å². The molecule has 7 nitrogen and oxygen atoms in total. The Morgan fingerprint density at radius 1 is 1.30 bits per heavy atom. The molecular weight excluding hydrogens is 263 g/mol. The second-order valence-electron chi connectivity index (χ2n) is 4.03. The normalized spacial score (nSPS) is 9.90. The van der Waals surface area contributed by atoms with Crippen molar-refractivity contribution < 1.29 is 9.13 Å². The summed E-state index contributed by atoms with van der Waals surface area (Å²) in [6, 6.07) is 5.52. The third-order valence-corrected chi connectivity index (χ3v) is 2.28. The average molecular weight is 274 g/mol. The lowest BCUT2D eigenvalue weighted by atomic mass is 10.2. The van der Waals surface area contributed by atoms with Crippen molar-refractivity contribution in [2.75, 3.05) is 24.7 Å². The lowest BCUT2D eigenvalue weighted by Gasteiger charge is -2.11. The molecule has 1 aromatic heterocycles. The maximum absolute atomic E-state index is 13.7. The minimum absolute atomic E-state index is 0.0345. The molecule has 0 fully saturated rings. The summed E-state index contributed by atoms with van der Waals surface area (Å²) in [5.74, 6) is -0.525. The van der Waals surface area contributed by atoms with E-state index in [0.29, 0.717) is 5.95 Å². The van der Waals surface area contributed by atoms with E-state index in [1.807, 2.05) is 6.07 Å². The molecule has 0 aliphatic carbocycles. The van der Waals surface area contributed by atoms with Gasteiger partial charge in [0.25, 0.3) is 0 Å². The maximum Gasteiger partial charge on any atom is 0.328 e. The summed E-state index contributed by atoms with van der Waals surface area (Å²) < 4.78 is 18.9. The quantitative estimate of drug-likeness (QED) is 0.900. The van der Waals surface area contributed by atoms with Crippen molar-refractivity contribution in [3.63, 3.8) is 0 Å². The van der Waals surface area contributed by atoms with Gasteiger partial charge in [-0.25, -0.2) is 4.39 Å². The Hall–Kier alpha value is -2.95. The Kier molecular flexibility index (Phi) is 3.61. The van der Waals surface area contributed by atoms with Crippen LogP contribution in [0.4, 0.5) is 16.3 Å². The van der Waals surface area contributed by atoms with Crippen LogP contribution in [0.3, 0.4) is 0 Å². The third kappa shape index (κ3) is 2.89. The Morgan fingerprint density at radius 2 is 2.05 bits per heavy atom. The first-order valence-electron chi connectivity index (χ1n) is 5.56. The van der Waals surface area contributed by atoms with E-state index in [1.54, 1.807) is 19.0 Å². The predicted molar refractivity (Wildman–Crippen MR) is 69.8 cm³/mol. The van der Waals surface area contributed by atoms with Gasteiger partial charge in [-0.05, 0) is 18.2 Å². The SMILES string of the molecule is CN(C)c1nc(N)nc(Oc2ccc(C#N)cc2F)n1. The van der Waals surface area contributed by atoms with Crippen molar-refractivity contribution in [1.29, 1.82) is 5.26 Å². The molecule has 0 saturated carbocycles. The van der Waals surface area contributed by atoms with Gasteiger partial charge in [0, 0.05) is 14.1 Å². The Morgan fingerprint density at radius 3 is 2.65 bits per heavy atom. The minimum atomic E-state index is -0.686. The van der Waals surface area contributed by atoms with E-state index in [-0.39, 0.29) is 23.3 Å². The molecular formula is C12H11FN6O. The van der Waals surface area contributed by atoms with Crippen LogP contribution in [0.15, 0.2) is 18.2 Å². The van der Waals surface area contributed by atoms with Crippen LogP contribution in [0.1, 0.15) is 5.56 Å². The molecule has 0 amide bonds. The molecule has 2 aromatic rings. The molecule has 0 unspecified atom stereocenters. The first-order chi connectivity index (χ1) is 9.49. The fraction of sp³-hybridized carbons (Fsp3) is 0.167. The van der Waals surface area contributed by atoms with Crippen LogP contribution < -0.4 is 15.4 Å². The molecule has 0 bridgehead atoms. The van der Waals surface area contributed by atoms with E-state index in [9.17, 15) is 4.39 Å². The fourth-order valence-electron chi connectivity index (χ4n) is 1.36. The summed E-state index contributed by atoms with van der Waals surface area (Å²) in [5, 5.41) is 8.66. The van der Waals surface area contributed by atoms with Gasteiger partial charge in [0.15, 0.2) is 11.6 Å². The van der Waals surface area contributed by atoms with E-state index < -0.39 is 5.82 Å². The molecule has 0 atom stereocenters. The number of anilines is 2. The number of nitrogens with zero attached hydrogens (tertiary/aromatic N) is 5. The fourth-order valence-corrected chi connectivity index (χ4v) is 1.36. The lowest BCUT2D eigenvalue weighted by molar-refractivity contribution is 0.410. The number of ether oxygens (including phenoxy) is 1. The van der Waals surface area contributed by atoms with Crippen LogP contribution in [-0.4, -0.2) is 29.0 Å². The smallest absolute Gasteiger partial charge is 0.328 e. The van der Waals surface area contributed by atoms with Crippen molar-refractivity contribution in [2.24, 2.45) is 0 Å².